The standard InChI is InChI=1S/C14H26N2O2S/c1-12(2)10-18-7-3-6-15-13-16-14(11-19-13)4-8-17-9-5-14/h12H,3-11H2,1-2H3,(H,15,16). The van der Waals surface area contributed by atoms with Gasteiger partial charge >= 0.3 is 0 Å². The van der Waals surface area contributed by atoms with Crippen LogP contribution in [0.1, 0.15) is 33.1 Å². The van der Waals surface area contributed by atoms with Crippen molar-refractivity contribution in [3.63, 3.8) is 0 Å². The molecule has 2 saturated heterocycles. The number of aliphatic imine (C=N–C) groups is 1. The van der Waals surface area contributed by atoms with Crippen LogP contribution in [0.2, 0.25) is 0 Å². The summed E-state index contributed by atoms with van der Waals surface area (Å²) < 4.78 is 11.0. The van der Waals surface area contributed by atoms with Gasteiger partial charge in [-0.2, -0.15) is 0 Å². The first-order valence-corrected chi connectivity index (χ1v) is 8.30. The topological polar surface area (TPSA) is 42.8 Å². The second-order valence-electron chi connectivity index (χ2n) is 5.82. The van der Waals surface area contributed by atoms with Crippen molar-refractivity contribution >= 4 is 16.9 Å². The summed E-state index contributed by atoms with van der Waals surface area (Å²) in [7, 11) is 0. The van der Waals surface area contributed by atoms with Gasteiger partial charge in [0.15, 0.2) is 5.17 Å². The molecule has 0 aromatic rings. The van der Waals surface area contributed by atoms with Crippen molar-refractivity contribution in [1.82, 2.24) is 5.32 Å². The van der Waals surface area contributed by atoms with E-state index in [1.165, 1.54) is 0 Å². The van der Waals surface area contributed by atoms with E-state index in [1.807, 2.05) is 11.8 Å². The summed E-state index contributed by atoms with van der Waals surface area (Å²) in [5.41, 5.74) is 0.260. The van der Waals surface area contributed by atoms with Crippen LogP contribution in [-0.2, 0) is 9.47 Å². The lowest BCUT2D eigenvalue weighted by Gasteiger charge is -2.32. The van der Waals surface area contributed by atoms with Crippen LogP contribution >= 0.6 is 11.8 Å². The fourth-order valence-corrected chi connectivity index (χ4v) is 3.53. The molecule has 2 rings (SSSR count). The van der Waals surface area contributed by atoms with Crippen molar-refractivity contribution in [3.05, 3.63) is 0 Å². The van der Waals surface area contributed by atoms with Gasteiger partial charge < -0.3 is 14.8 Å². The minimum Gasteiger partial charge on any atom is -0.381 e. The Hall–Kier alpha value is -0.260. The van der Waals surface area contributed by atoms with Gasteiger partial charge in [-0.15, -0.1) is 0 Å². The second-order valence-corrected chi connectivity index (χ2v) is 6.78. The van der Waals surface area contributed by atoms with Gasteiger partial charge in [0.1, 0.15) is 0 Å². The molecule has 2 aliphatic rings. The molecule has 110 valence electrons. The molecule has 0 saturated carbocycles. The van der Waals surface area contributed by atoms with Crippen molar-refractivity contribution in [2.75, 3.05) is 38.7 Å². The highest BCUT2D eigenvalue weighted by molar-refractivity contribution is 8.14. The van der Waals surface area contributed by atoms with Crippen LogP contribution in [0.3, 0.4) is 0 Å². The first-order valence-electron chi connectivity index (χ1n) is 7.31. The minimum atomic E-state index is 0.260. The monoisotopic (exact) mass is 286 g/mol. The van der Waals surface area contributed by atoms with Crippen LogP contribution in [0.15, 0.2) is 4.99 Å². The van der Waals surface area contributed by atoms with E-state index in [4.69, 9.17) is 9.47 Å². The van der Waals surface area contributed by atoms with Gasteiger partial charge in [-0.25, -0.2) is 0 Å². The molecule has 0 bridgehead atoms. The molecular formula is C14H26N2O2S. The molecule has 5 heteroatoms. The lowest BCUT2D eigenvalue weighted by Crippen LogP contribution is -2.48. The summed E-state index contributed by atoms with van der Waals surface area (Å²) in [6, 6.07) is 0. The zero-order chi connectivity index (χ0) is 13.6. The van der Waals surface area contributed by atoms with Crippen LogP contribution in [-0.4, -0.2) is 49.4 Å². The third kappa shape index (κ3) is 4.97. The Morgan fingerprint density at radius 3 is 2.95 bits per heavy atom. The fourth-order valence-electron chi connectivity index (χ4n) is 2.29. The number of nitrogens with one attached hydrogen (secondary N) is 1. The Bertz CT molecular complexity index is 302. The van der Waals surface area contributed by atoms with Crippen molar-refractivity contribution in [3.8, 4) is 0 Å². The largest absolute Gasteiger partial charge is 0.381 e. The smallest absolute Gasteiger partial charge is 0.157 e. The molecule has 4 nitrogen and oxygen atoms in total. The van der Waals surface area contributed by atoms with E-state index in [-0.39, 0.29) is 5.54 Å². The molecule has 0 amide bonds. The molecule has 0 aliphatic carbocycles. The number of thioether (sulfide) groups is 1. The number of hydrogen-bond donors (Lipinski definition) is 1. The highest BCUT2D eigenvalue weighted by Gasteiger charge is 2.38. The molecule has 1 N–H and O–H groups in total. The molecule has 2 heterocycles. The van der Waals surface area contributed by atoms with E-state index >= 15 is 0 Å². The van der Waals surface area contributed by atoms with Crippen LogP contribution < -0.4 is 5.32 Å². The number of amidine groups is 1. The Kier molecular flexibility index (Phi) is 5.98. The molecular weight excluding hydrogens is 260 g/mol. The quantitative estimate of drug-likeness (QED) is 0.761. The van der Waals surface area contributed by atoms with Crippen LogP contribution in [0, 0.1) is 5.92 Å². The van der Waals surface area contributed by atoms with E-state index in [0.717, 1.165) is 63.2 Å². The maximum absolute atomic E-state index is 5.56. The fraction of sp³-hybridized carbons (Fsp3) is 0.929. The van der Waals surface area contributed by atoms with Crippen LogP contribution in [0.25, 0.3) is 0 Å². The third-order valence-electron chi connectivity index (χ3n) is 3.46. The van der Waals surface area contributed by atoms with Crippen molar-refractivity contribution < 1.29 is 9.47 Å². The molecule has 2 aliphatic heterocycles. The summed E-state index contributed by atoms with van der Waals surface area (Å²) in [6.45, 7) is 8.64. The zero-order valence-corrected chi connectivity index (χ0v) is 12.9. The lowest BCUT2D eigenvalue weighted by atomic mass is 9.93. The Morgan fingerprint density at radius 2 is 2.21 bits per heavy atom. The van der Waals surface area contributed by atoms with E-state index in [2.05, 4.69) is 24.2 Å². The van der Waals surface area contributed by atoms with Gasteiger partial charge in [0.25, 0.3) is 0 Å². The molecule has 0 atom stereocenters. The predicted octanol–water partition coefficient (Wildman–Crippen LogP) is 2.29. The second kappa shape index (κ2) is 7.50. The summed E-state index contributed by atoms with van der Waals surface area (Å²) in [6.07, 6.45) is 3.22. The summed E-state index contributed by atoms with van der Waals surface area (Å²) >= 11 is 1.86. The molecule has 0 aromatic heterocycles. The summed E-state index contributed by atoms with van der Waals surface area (Å²) in [5, 5.41) is 4.72. The molecule has 1 spiro atoms. The normalized spacial score (nSPS) is 24.3. The highest BCUT2D eigenvalue weighted by atomic mass is 32.2. The van der Waals surface area contributed by atoms with Crippen LogP contribution in [0.4, 0.5) is 0 Å². The molecule has 0 radical (unpaired) electrons. The molecule has 0 aromatic carbocycles. The summed E-state index contributed by atoms with van der Waals surface area (Å²) in [4.78, 5) is 4.64. The van der Waals surface area contributed by atoms with Gasteiger partial charge in [-0.05, 0) is 25.2 Å². The van der Waals surface area contributed by atoms with E-state index < -0.39 is 0 Å². The number of rotatable bonds is 6. The molecule has 19 heavy (non-hydrogen) atoms. The van der Waals surface area contributed by atoms with Gasteiger partial charge in [0, 0.05) is 38.7 Å². The maximum Gasteiger partial charge on any atom is 0.157 e. The van der Waals surface area contributed by atoms with Crippen molar-refractivity contribution in [1.29, 1.82) is 0 Å². The van der Waals surface area contributed by atoms with Crippen molar-refractivity contribution in [2.24, 2.45) is 10.9 Å². The SMILES string of the molecule is CC(C)COCCCN=C1NC2(CCOCC2)CS1. The average molecular weight is 286 g/mol. The van der Waals surface area contributed by atoms with E-state index in [0.29, 0.717) is 5.92 Å². The van der Waals surface area contributed by atoms with E-state index in [9.17, 15) is 0 Å². The van der Waals surface area contributed by atoms with E-state index in [1.54, 1.807) is 0 Å². The van der Waals surface area contributed by atoms with Crippen molar-refractivity contribution in [2.45, 2.75) is 38.6 Å². The third-order valence-corrected chi connectivity index (χ3v) is 4.66. The molecule has 2 fully saturated rings. The number of hydrogen-bond acceptors (Lipinski definition) is 4. The average Bonchev–Trinajstić information content (AvgIpc) is 2.77. The van der Waals surface area contributed by atoms with Crippen LogP contribution in [0.5, 0.6) is 0 Å². The van der Waals surface area contributed by atoms with Gasteiger partial charge in [0.05, 0.1) is 5.54 Å². The number of nitrogens with zero attached hydrogens (tertiary/aromatic N) is 1. The summed E-state index contributed by atoms with van der Waals surface area (Å²) in [5.74, 6) is 1.76. The Morgan fingerprint density at radius 1 is 1.42 bits per heavy atom. The first-order chi connectivity index (χ1) is 9.20. The Labute approximate surface area is 120 Å². The van der Waals surface area contributed by atoms with Gasteiger partial charge in [-0.3, -0.25) is 4.99 Å². The minimum absolute atomic E-state index is 0.260. The maximum atomic E-state index is 5.56. The first kappa shape index (κ1) is 15.1. The van der Waals surface area contributed by atoms with Gasteiger partial charge in [0.2, 0.25) is 0 Å². The molecule has 0 unspecified atom stereocenters. The van der Waals surface area contributed by atoms with Gasteiger partial charge in [-0.1, -0.05) is 25.6 Å². The number of ether oxygens (including phenoxy) is 2. The highest BCUT2D eigenvalue weighted by Crippen LogP contribution is 2.31. The Balaban J connectivity index is 1.62. The zero-order valence-electron chi connectivity index (χ0n) is 12.1. The predicted molar refractivity (Wildman–Crippen MR) is 81.0 cm³/mol. The lowest BCUT2D eigenvalue weighted by molar-refractivity contribution is 0.0555.